The second-order valence-corrected chi connectivity index (χ2v) is 14.6. The number of hydrogen-bond donors (Lipinski definition) is 3. The molecular weight excluding hydrogens is 510 g/mol. The fraction of sp³-hybridized carbons (Fsp3) is 0.714. The molecule has 2 atom stereocenters. The van der Waals surface area contributed by atoms with E-state index in [2.05, 4.69) is 15.4 Å². The van der Waals surface area contributed by atoms with E-state index in [4.69, 9.17) is 11.6 Å². The lowest BCUT2D eigenvalue weighted by molar-refractivity contribution is -0.152. The van der Waals surface area contributed by atoms with Crippen molar-refractivity contribution in [3.63, 3.8) is 0 Å². The van der Waals surface area contributed by atoms with Crippen molar-refractivity contribution in [1.82, 2.24) is 15.4 Å². The Labute approximate surface area is 224 Å². The molecule has 7 rings (SSSR count). The first-order valence-electron chi connectivity index (χ1n) is 14.1. The number of sulfonamides is 1. The summed E-state index contributed by atoms with van der Waals surface area (Å²) in [6.07, 6.45) is 12.3. The first kappa shape index (κ1) is 25.6. The summed E-state index contributed by atoms with van der Waals surface area (Å²) in [6, 6.07) is 6.63. The zero-order valence-electron chi connectivity index (χ0n) is 21.3. The Kier molecular flexibility index (Phi) is 6.60. The number of benzene rings is 1. The van der Waals surface area contributed by atoms with Gasteiger partial charge in [0.15, 0.2) is 0 Å². The summed E-state index contributed by atoms with van der Waals surface area (Å²) in [5.74, 6) is 1.09. The Bertz CT molecular complexity index is 1160. The van der Waals surface area contributed by atoms with Crippen molar-refractivity contribution >= 4 is 33.4 Å². The minimum Gasteiger partial charge on any atom is -0.353 e. The normalized spacial score (nSPS) is 34.5. The fourth-order valence-corrected chi connectivity index (χ4v) is 10.2. The van der Waals surface area contributed by atoms with E-state index in [0.717, 1.165) is 51.4 Å². The summed E-state index contributed by atoms with van der Waals surface area (Å²) in [5, 5.41) is 6.85. The fourth-order valence-electron chi connectivity index (χ4n) is 8.29. The standard InChI is InChI=1S/C28H38ClN3O4S/c29-22-9-4-5-10-23(22)37(35,36)32-28(11-6-12-28)26(34)31-24-19-13-18-14-20(24)17-27(15-18,16-19)25(33)30-21-7-2-1-3-8-21/h4-5,9-10,18-21,24,32H,1-3,6-8,11-17H2,(H,30,33)(H,31,34). The Morgan fingerprint density at radius 1 is 0.865 bits per heavy atom. The van der Waals surface area contributed by atoms with Gasteiger partial charge in [0.1, 0.15) is 10.4 Å². The summed E-state index contributed by atoms with van der Waals surface area (Å²) in [7, 11) is -3.95. The van der Waals surface area contributed by atoms with Gasteiger partial charge in [-0.25, -0.2) is 8.42 Å². The largest absolute Gasteiger partial charge is 0.353 e. The molecule has 6 saturated carbocycles. The lowest BCUT2D eigenvalue weighted by Gasteiger charge is -2.59. The van der Waals surface area contributed by atoms with E-state index in [-0.39, 0.29) is 45.0 Å². The second kappa shape index (κ2) is 9.53. The second-order valence-electron chi connectivity index (χ2n) is 12.5. The van der Waals surface area contributed by atoms with Gasteiger partial charge in [0.05, 0.1) is 10.4 Å². The predicted octanol–water partition coefficient (Wildman–Crippen LogP) is 4.30. The number of halogens is 1. The highest BCUT2D eigenvalue weighted by molar-refractivity contribution is 7.89. The van der Waals surface area contributed by atoms with Gasteiger partial charge < -0.3 is 10.6 Å². The van der Waals surface area contributed by atoms with Gasteiger partial charge in [-0.3, -0.25) is 9.59 Å². The number of carbonyl (C=O) groups excluding carboxylic acids is 2. The van der Waals surface area contributed by atoms with Gasteiger partial charge in [0, 0.05) is 12.1 Å². The van der Waals surface area contributed by atoms with E-state index >= 15 is 0 Å². The molecule has 2 unspecified atom stereocenters. The van der Waals surface area contributed by atoms with Crippen LogP contribution in [0.25, 0.3) is 0 Å². The highest BCUT2D eigenvalue weighted by Gasteiger charge is 2.59. The van der Waals surface area contributed by atoms with Crippen LogP contribution in [0, 0.1) is 23.2 Å². The van der Waals surface area contributed by atoms with E-state index < -0.39 is 15.6 Å². The van der Waals surface area contributed by atoms with Crippen LogP contribution in [-0.2, 0) is 19.6 Å². The first-order valence-corrected chi connectivity index (χ1v) is 16.0. The zero-order valence-corrected chi connectivity index (χ0v) is 22.9. The van der Waals surface area contributed by atoms with Crippen molar-refractivity contribution in [3.8, 4) is 0 Å². The summed E-state index contributed by atoms with van der Waals surface area (Å²) in [6.45, 7) is 0. The van der Waals surface area contributed by atoms with Crippen molar-refractivity contribution in [2.45, 2.75) is 106 Å². The number of amides is 2. The maximum Gasteiger partial charge on any atom is 0.243 e. The van der Waals surface area contributed by atoms with Gasteiger partial charge >= 0.3 is 0 Å². The molecule has 202 valence electrons. The predicted molar refractivity (Wildman–Crippen MR) is 141 cm³/mol. The van der Waals surface area contributed by atoms with Crippen LogP contribution in [-0.4, -0.2) is 37.9 Å². The van der Waals surface area contributed by atoms with Crippen LogP contribution in [0.15, 0.2) is 29.2 Å². The molecular formula is C28H38ClN3O4S. The lowest BCUT2D eigenvalue weighted by Crippen LogP contribution is -2.68. The van der Waals surface area contributed by atoms with Crippen molar-refractivity contribution in [2.75, 3.05) is 0 Å². The molecule has 6 fully saturated rings. The first-order chi connectivity index (χ1) is 17.7. The molecule has 1 aromatic rings. The number of hydrogen-bond acceptors (Lipinski definition) is 4. The Morgan fingerprint density at radius 3 is 2.16 bits per heavy atom. The SMILES string of the molecule is O=C(NC1CCCCC1)C12CC3CC(C1)C(NC(=O)C1(NS(=O)(=O)c4ccccc4Cl)CCC1)C(C3)C2. The van der Waals surface area contributed by atoms with E-state index in [1.807, 2.05) is 0 Å². The number of carbonyl (C=O) groups is 2. The molecule has 0 radical (unpaired) electrons. The minimum absolute atomic E-state index is 0.00180. The van der Waals surface area contributed by atoms with Crippen LogP contribution in [0.4, 0.5) is 0 Å². The Balaban J connectivity index is 1.15. The Morgan fingerprint density at radius 2 is 1.54 bits per heavy atom. The summed E-state index contributed by atoms with van der Waals surface area (Å²) >= 11 is 6.16. The van der Waals surface area contributed by atoms with Crippen LogP contribution in [0.3, 0.4) is 0 Å². The molecule has 0 aliphatic heterocycles. The highest BCUT2D eigenvalue weighted by atomic mass is 35.5. The summed E-state index contributed by atoms with van der Waals surface area (Å²) in [4.78, 5) is 27.2. The van der Waals surface area contributed by atoms with Gasteiger partial charge in [0.2, 0.25) is 21.8 Å². The van der Waals surface area contributed by atoms with Crippen LogP contribution in [0.2, 0.25) is 5.02 Å². The highest BCUT2D eigenvalue weighted by Crippen LogP contribution is 2.60. The molecule has 4 bridgehead atoms. The quantitative estimate of drug-likeness (QED) is 0.473. The molecule has 9 heteroatoms. The van der Waals surface area contributed by atoms with E-state index in [1.54, 1.807) is 18.2 Å². The van der Waals surface area contributed by atoms with Crippen molar-refractivity contribution in [2.24, 2.45) is 23.2 Å². The maximum absolute atomic E-state index is 13.7. The lowest BCUT2D eigenvalue weighted by atomic mass is 9.47. The average Bonchev–Trinajstić information content (AvgIpc) is 2.84. The van der Waals surface area contributed by atoms with Gasteiger partial charge in [-0.15, -0.1) is 0 Å². The van der Waals surface area contributed by atoms with Crippen LogP contribution in [0.5, 0.6) is 0 Å². The van der Waals surface area contributed by atoms with Gasteiger partial charge in [-0.05, 0) is 94.1 Å². The van der Waals surface area contributed by atoms with Crippen molar-refractivity contribution < 1.29 is 18.0 Å². The molecule has 2 amide bonds. The van der Waals surface area contributed by atoms with Crippen molar-refractivity contribution in [3.05, 3.63) is 29.3 Å². The van der Waals surface area contributed by atoms with Crippen molar-refractivity contribution in [1.29, 1.82) is 0 Å². The molecule has 3 N–H and O–H groups in total. The monoisotopic (exact) mass is 547 g/mol. The maximum atomic E-state index is 13.7. The average molecular weight is 548 g/mol. The minimum atomic E-state index is -3.95. The number of nitrogens with one attached hydrogen (secondary N) is 3. The molecule has 37 heavy (non-hydrogen) atoms. The van der Waals surface area contributed by atoms with Crippen LogP contribution in [0.1, 0.15) is 83.5 Å². The van der Waals surface area contributed by atoms with Crippen LogP contribution < -0.4 is 15.4 Å². The molecule has 7 nitrogen and oxygen atoms in total. The molecule has 1 aromatic carbocycles. The van der Waals surface area contributed by atoms with E-state index in [9.17, 15) is 18.0 Å². The third kappa shape index (κ3) is 4.61. The summed E-state index contributed by atoms with van der Waals surface area (Å²) in [5.41, 5.74) is -1.43. The molecule has 0 aromatic heterocycles. The molecule has 0 spiro atoms. The zero-order chi connectivity index (χ0) is 25.8. The van der Waals surface area contributed by atoms with Gasteiger partial charge in [0.25, 0.3) is 0 Å². The molecule has 6 aliphatic carbocycles. The molecule has 0 heterocycles. The number of rotatable bonds is 7. The van der Waals surface area contributed by atoms with Gasteiger partial charge in [-0.1, -0.05) is 43.0 Å². The summed E-state index contributed by atoms with van der Waals surface area (Å²) < 4.78 is 29.0. The third-order valence-electron chi connectivity index (χ3n) is 10.1. The molecule has 6 aliphatic rings. The van der Waals surface area contributed by atoms with Gasteiger partial charge in [-0.2, -0.15) is 4.72 Å². The topological polar surface area (TPSA) is 104 Å². The third-order valence-corrected chi connectivity index (χ3v) is 12.1. The van der Waals surface area contributed by atoms with E-state index in [0.29, 0.717) is 24.8 Å². The molecule has 0 saturated heterocycles. The van der Waals surface area contributed by atoms with Crippen LogP contribution >= 0.6 is 11.6 Å². The Hall–Kier alpha value is -1.64. The smallest absolute Gasteiger partial charge is 0.243 e. The van der Waals surface area contributed by atoms with E-state index in [1.165, 1.54) is 25.3 Å².